The Balaban J connectivity index is 2.62. The molecule has 1 amide bonds. The number of benzene rings is 1. The smallest absolute Gasteiger partial charge is 0.251 e. The van der Waals surface area contributed by atoms with Gasteiger partial charge < -0.3 is 20.5 Å². The highest BCUT2D eigenvalue weighted by molar-refractivity contribution is 5.94. The Hall–Kier alpha value is -1.59. The van der Waals surface area contributed by atoms with Gasteiger partial charge in [0, 0.05) is 25.3 Å². The molecule has 118 valence electrons. The van der Waals surface area contributed by atoms with Crippen LogP contribution in [0.15, 0.2) is 24.3 Å². The van der Waals surface area contributed by atoms with Crippen LogP contribution in [0.25, 0.3) is 0 Å². The predicted octanol–water partition coefficient (Wildman–Crippen LogP) is 1.81. The Morgan fingerprint density at radius 1 is 1.33 bits per heavy atom. The summed E-state index contributed by atoms with van der Waals surface area (Å²) in [7, 11) is 1.62. The second kappa shape index (κ2) is 9.37. The Morgan fingerprint density at radius 2 is 2.10 bits per heavy atom. The van der Waals surface area contributed by atoms with Crippen LogP contribution in [-0.2, 0) is 4.74 Å². The average Bonchev–Trinajstić information content (AvgIpc) is 2.46. The molecular weight excluding hydrogens is 268 g/mol. The van der Waals surface area contributed by atoms with Gasteiger partial charge in [0.1, 0.15) is 12.4 Å². The van der Waals surface area contributed by atoms with Gasteiger partial charge in [0.15, 0.2) is 0 Å². The van der Waals surface area contributed by atoms with Crippen LogP contribution in [0.2, 0.25) is 0 Å². The predicted molar refractivity (Wildman–Crippen MR) is 83.6 cm³/mol. The maximum atomic E-state index is 12.2. The van der Waals surface area contributed by atoms with Crippen molar-refractivity contribution in [2.24, 2.45) is 11.7 Å². The molecule has 1 rings (SSSR count). The lowest BCUT2D eigenvalue weighted by atomic mass is 10.0. The van der Waals surface area contributed by atoms with Crippen molar-refractivity contribution in [2.75, 3.05) is 26.9 Å². The van der Waals surface area contributed by atoms with E-state index in [2.05, 4.69) is 19.2 Å². The molecule has 0 aliphatic carbocycles. The van der Waals surface area contributed by atoms with Crippen LogP contribution in [0.5, 0.6) is 5.75 Å². The highest BCUT2D eigenvalue weighted by atomic mass is 16.5. The number of methoxy groups -OCH3 is 1. The molecule has 0 spiro atoms. The normalized spacial score (nSPS) is 12.2. The first-order valence-corrected chi connectivity index (χ1v) is 7.29. The molecule has 0 aliphatic heterocycles. The van der Waals surface area contributed by atoms with Gasteiger partial charge in [-0.3, -0.25) is 4.79 Å². The lowest BCUT2D eigenvalue weighted by Crippen LogP contribution is -2.41. The quantitative estimate of drug-likeness (QED) is 0.681. The molecule has 0 heterocycles. The molecule has 21 heavy (non-hydrogen) atoms. The SMILES string of the molecule is COCCOc1cccc(C(=O)NC(CN)CC(C)C)c1. The summed E-state index contributed by atoms with van der Waals surface area (Å²) in [5, 5.41) is 2.96. The van der Waals surface area contributed by atoms with E-state index in [0.717, 1.165) is 6.42 Å². The number of rotatable bonds is 9. The first-order valence-electron chi connectivity index (χ1n) is 7.29. The van der Waals surface area contributed by atoms with Crippen LogP contribution in [0, 0.1) is 5.92 Å². The molecule has 0 aromatic heterocycles. The second-order valence-corrected chi connectivity index (χ2v) is 5.40. The Morgan fingerprint density at radius 3 is 2.71 bits per heavy atom. The number of amides is 1. The number of carbonyl (C=O) groups is 1. The van der Waals surface area contributed by atoms with Gasteiger partial charge in [0.25, 0.3) is 5.91 Å². The van der Waals surface area contributed by atoms with Gasteiger partial charge in [0.05, 0.1) is 6.61 Å². The molecule has 5 heteroatoms. The monoisotopic (exact) mass is 294 g/mol. The van der Waals surface area contributed by atoms with Gasteiger partial charge in [0.2, 0.25) is 0 Å². The first-order chi connectivity index (χ1) is 10.1. The average molecular weight is 294 g/mol. The van der Waals surface area contributed by atoms with E-state index in [-0.39, 0.29) is 11.9 Å². The molecule has 0 aliphatic rings. The third-order valence-electron chi connectivity index (χ3n) is 3.03. The van der Waals surface area contributed by atoms with Crippen LogP contribution < -0.4 is 15.8 Å². The fourth-order valence-electron chi connectivity index (χ4n) is 2.02. The van der Waals surface area contributed by atoms with Crippen LogP contribution in [0.1, 0.15) is 30.6 Å². The van der Waals surface area contributed by atoms with Crippen molar-refractivity contribution in [1.29, 1.82) is 0 Å². The fraction of sp³-hybridized carbons (Fsp3) is 0.562. The zero-order valence-corrected chi connectivity index (χ0v) is 13.1. The van der Waals surface area contributed by atoms with E-state index in [1.54, 1.807) is 25.3 Å². The van der Waals surface area contributed by atoms with Gasteiger partial charge in [-0.05, 0) is 30.5 Å². The maximum absolute atomic E-state index is 12.2. The number of ether oxygens (including phenoxy) is 2. The number of carbonyl (C=O) groups excluding carboxylic acids is 1. The van der Waals surface area contributed by atoms with Crippen molar-refractivity contribution in [1.82, 2.24) is 5.32 Å². The second-order valence-electron chi connectivity index (χ2n) is 5.40. The standard InChI is InChI=1S/C16H26N2O3/c1-12(2)9-14(11-17)18-16(19)13-5-4-6-15(10-13)21-8-7-20-3/h4-6,10,12,14H,7-9,11,17H2,1-3H3,(H,18,19). The van der Waals surface area contributed by atoms with Crippen molar-refractivity contribution in [3.8, 4) is 5.75 Å². The largest absolute Gasteiger partial charge is 0.491 e. The van der Waals surface area contributed by atoms with Crippen LogP contribution in [0.3, 0.4) is 0 Å². The summed E-state index contributed by atoms with van der Waals surface area (Å²) in [5.74, 6) is 1.03. The zero-order chi connectivity index (χ0) is 15.7. The number of hydrogen-bond donors (Lipinski definition) is 2. The molecule has 3 N–H and O–H groups in total. The van der Waals surface area contributed by atoms with E-state index in [1.807, 2.05) is 6.07 Å². The molecule has 1 atom stereocenters. The summed E-state index contributed by atoms with van der Waals surface area (Å²) >= 11 is 0. The minimum Gasteiger partial charge on any atom is -0.491 e. The van der Waals surface area contributed by atoms with E-state index < -0.39 is 0 Å². The van der Waals surface area contributed by atoms with Crippen molar-refractivity contribution in [2.45, 2.75) is 26.3 Å². The molecular formula is C16H26N2O3. The van der Waals surface area contributed by atoms with Crippen molar-refractivity contribution < 1.29 is 14.3 Å². The van der Waals surface area contributed by atoms with Crippen molar-refractivity contribution in [3.05, 3.63) is 29.8 Å². The number of hydrogen-bond acceptors (Lipinski definition) is 4. The molecule has 1 unspecified atom stereocenters. The minimum absolute atomic E-state index is 0.00411. The Bertz CT molecular complexity index is 435. The third kappa shape index (κ3) is 6.60. The van der Waals surface area contributed by atoms with Gasteiger partial charge in [-0.25, -0.2) is 0 Å². The lowest BCUT2D eigenvalue weighted by molar-refractivity contribution is 0.0933. The molecule has 0 saturated carbocycles. The van der Waals surface area contributed by atoms with E-state index in [0.29, 0.717) is 37.0 Å². The Kier molecular flexibility index (Phi) is 7.79. The van der Waals surface area contributed by atoms with E-state index >= 15 is 0 Å². The van der Waals surface area contributed by atoms with Crippen LogP contribution in [0.4, 0.5) is 0 Å². The van der Waals surface area contributed by atoms with E-state index in [9.17, 15) is 4.79 Å². The third-order valence-corrected chi connectivity index (χ3v) is 3.03. The summed E-state index contributed by atoms with van der Waals surface area (Å²) < 4.78 is 10.4. The summed E-state index contributed by atoms with van der Waals surface area (Å²) in [5.41, 5.74) is 6.28. The first kappa shape index (κ1) is 17.5. The molecule has 0 bridgehead atoms. The van der Waals surface area contributed by atoms with E-state index in [4.69, 9.17) is 15.2 Å². The number of nitrogens with two attached hydrogens (primary N) is 1. The highest BCUT2D eigenvalue weighted by Crippen LogP contribution is 2.14. The minimum atomic E-state index is -0.122. The number of nitrogens with one attached hydrogen (secondary N) is 1. The van der Waals surface area contributed by atoms with Crippen molar-refractivity contribution >= 4 is 5.91 Å². The zero-order valence-electron chi connectivity index (χ0n) is 13.1. The molecule has 0 fully saturated rings. The van der Waals surface area contributed by atoms with Gasteiger partial charge in [-0.2, -0.15) is 0 Å². The summed E-state index contributed by atoms with van der Waals surface area (Å²) in [4.78, 5) is 12.2. The van der Waals surface area contributed by atoms with Crippen LogP contribution in [-0.4, -0.2) is 38.8 Å². The molecule has 1 aromatic carbocycles. The molecule has 5 nitrogen and oxygen atoms in total. The molecule has 0 radical (unpaired) electrons. The van der Waals surface area contributed by atoms with Gasteiger partial charge in [-0.1, -0.05) is 19.9 Å². The maximum Gasteiger partial charge on any atom is 0.251 e. The van der Waals surface area contributed by atoms with Gasteiger partial charge >= 0.3 is 0 Å². The van der Waals surface area contributed by atoms with E-state index in [1.165, 1.54) is 0 Å². The van der Waals surface area contributed by atoms with Crippen LogP contribution >= 0.6 is 0 Å². The summed E-state index contributed by atoms with van der Waals surface area (Å²) in [6.45, 7) is 5.63. The van der Waals surface area contributed by atoms with Crippen molar-refractivity contribution in [3.63, 3.8) is 0 Å². The Labute approximate surface area is 126 Å². The summed E-state index contributed by atoms with van der Waals surface area (Å²) in [6, 6.07) is 7.11. The topological polar surface area (TPSA) is 73.6 Å². The van der Waals surface area contributed by atoms with Gasteiger partial charge in [-0.15, -0.1) is 0 Å². The molecule has 1 aromatic rings. The molecule has 0 saturated heterocycles. The highest BCUT2D eigenvalue weighted by Gasteiger charge is 2.14. The summed E-state index contributed by atoms with van der Waals surface area (Å²) in [6.07, 6.45) is 0.867. The fourth-order valence-corrected chi connectivity index (χ4v) is 2.02. The lowest BCUT2D eigenvalue weighted by Gasteiger charge is -2.19.